The summed E-state index contributed by atoms with van der Waals surface area (Å²) in [6.07, 6.45) is 0. The lowest BCUT2D eigenvalue weighted by Crippen LogP contribution is -2.47. The normalized spacial score (nSPS) is 23.8. The molecule has 96 valence electrons. The van der Waals surface area contributed by atoms with Crippen LogP contribution in [0.2, 0.25) is 0 Å². The minimum atomic E-state index is 0.490. The molecule has 1 aromatic rings. The van der Waals surface area contributed by atoms with Gasteiger partial charge in [-0.1, -0.05) is 6.92 Å². The van der Waals surface area contributed by atoms with E-state index in [1.807, 2.05) is 11.3 Å². The van der Waals surface area contributed by atoms with Crippen LogP contribution < -0.4 is 5.32 Å². The first-order valence-corrected chi connectivity index (χ1v) is 8.32. The molecule has 0 aromatic carbocycles. The summed E-state index contributed by atoms with van der Waals surface area (Å²) < 4.78 is 0. The van der Waals surface area contributed by atoms with E-state index in [4.69, 9.17) is 0 Å². The Morgan fingerprint density at radius 3 is 3.00 bits per heavy atom. The molecule has 0 amide bonds. The van der Waals surface area contributed by atoms with Crippen molar-refractivity contribution < 1.29 is 0 Å². The maximum atomic E-state index is 3.68. The van der Waals surface area contributed by atoms with Crippen molar-refractivity contribution in [2.24, 2.45) is 0 Å². The monoisotopic (exact) mass is 270 g/mol. The van der Waals surface area contributed by atoms with Gasteiger partial charge in [-0.25, -0.2) is 0 Å². The molecule has 1 aliphatic rings. The second kappa shape index (κ2) is 6.23. The Morgan fingerprint density at radius 1 is 1.59 bits per heavy atom. The molecule has 2 unspecified atom stereocenters. The lowest BCUT2D eigenvalue weighted by Gasteiger charge is -2.38. The van der Waals surface area contributed by atoms with Crippen molar-refractivity contribution in [1.29, 1.82) is 0 Å². The number of likely N-dealkylation sites (N-methyl/N-ethyl adjacent to an activating group) is 2. The molecule has 0 bridgehead atoms. The minimum Gasteiger partial charge on any atom is -0.309 e. The van der Waals surface area contributed by atoms with Gasteiger partial charge in [0.05, 0.1) is 0 Å². The number of aryl methyl sites for hydroxylation is 1. The van der Waals surface area contributed by atoms with Gasteiger partial charge in [0.1, 0.15) is 0 Å². The van der Waals surface area contributed by atoms with E-state index in [0.717, 1.165) is 6.54 Å². The summed E-state index contributed by atoms with van der Waals surface area (Å²) in [5.41, 5.74) is 1.50. The van der Waals surface area contributed by atoms with Crippen LogP contribution in [0.1, 0.15) is 23.4 Å². The molecule has 1 aliphatic heterocycles. The summed E-state index contributed by atoms with van der Waals surface area (Å²) in [4.78, 5) is 3.97. The summed E-state index contributed by atoms with van der Waals surface area (Å²) in [6, 6.07) is 3.41. The minimum absolute atomic E-state index is 0.490. The fourth-order valence-corrected chi connectivity index (χ4v) is 4.47. The summed E-state index contributed by atoms with van der Waals surface area (Å²) in [6.45, 7) is 6.68. The molecule has 2 atom stereocenters. The number of rotatable bonds is 4. The largest absolute Gasteiger partial charge is 0.309 e. The molecule has 0 aliphatic carbocycles. The first kappa shape index (κ1) is 13.4. The molecule has 0 saturated carbocycles. The van der Waals surface area contributed by atoms with Gasteiger partial charge in [-0.2, -0.15) is 11.8 Å². The van der Waals surface area contributed by atoms with E-state index >= 15 is 0 Å². The van der Waals surface area contributed by atoms with E-state index < -0.39 is 0 Å². The van der Waals surface area contributed by atoms with Crippen molar-refractivity contribution in [3.05, 3.63) is 21.9 Å². The molecule has 1 N–H and O–H groups in total. The Labute approximate surface area is 113 Å². The highest BCUT2D eigenvalue weighted by Gasteiger charge is 2.29. The molecular weight excluding hydrogens is 248 g/mol. The fourth-order valence-electron chi connectivity index (χ4n) is 2.45. The molecule has 1 fully saturated rings. The third-order valence-corrected chi connectivity index (χ3v) is 5.40. The smallest absolute Gasteiger partial charge is 0.0497 e. The maximum absolute atomic E-state index is 3.68. The fraction of sp³-hybridized carbons (Fsp3) is 0.692. The number of nitrogens with zero attached hydrogens (tertiary/aromatic N) is 1. The van der Waals surface area contributed by atoms with Gasteiger partial charge in [0.15, 0.2) is 0 Å². The van der Waals surface area contributed by atoms with Crippen LogP contribution in [0, 0.1) is 6.92 Å². The zero-order chi connectivity index (χ0) is 12.3. The number of nitrogens with one attached hydrogen (secondary N) is 1. The van der Waals surface area contributed by atoms with Gasteiger partial charge in [0.25, 0.3) is 0 Å². The first-order chi connectivity index (χ1) is 8.24. The lowest BCUT2D eigenvalue weighted by molar-refractivity contribution is 0.217. The lowest BCUT2D eigenvalue weighted by atomic mass is 10.00. The third kappa shape index (κ3) is 3.05. The van der Waals surface area contributed by atoms with Gasteiger partial charge in [-0.3, -0.25) is 4.90 Å². The first-order valence-electron chi connectivity index (χ1n) is 6.29. The number of thiophene rings is 1. The summed E-state index contributed by atoms with van der Waals surface area (Å²) in [5, 5.41) is 5.89. The summed E-state index contributed by atoms with van der Waals surface area (Å²) in [7, 11) is 2.26. The average Bonchev–Trinajstić information content (AvgIpc) is 2.74. The Morgan fingerprint density at radius 2 is 2.41 bits per heavy atom. The molecule has 0 radical (unpaired) electrons. The van der Waals surface area contributed by atoms with Crippen molar-refractivity contribution in [1.82, 2.24) is 10.2 Å². The Kier molecular flexibility index (Phi) is 4.91. The van der Waals surface area contributed by atoms with Gasteiger partial charge in [-0.05, 0) is 37.5 Å². The molecule has 0 spiro atoms. The van der Waals surface area contributed by atoms with Crippen LogP contribution in [0.15, 0.2) is 11.4 Å². The van der Waals surface area contributed by atoms with Crippen LogP contribution in [0.3, 0.4) is 0 Å². The van der Waals surface area contributed by atoms with Crippen molar-refractivity contribution in [2.45, 2.75) is 25.9 Å². The predicted molar refractivity (Wildman–Crippen MR) is 79.2 cm³/mol. The Balaban J connectivity index is 2.19. The third-order valence-electron chi connectivity index (χ3n) is 3.49. The SMILES string of the molecule is CCNC(c1ccsc1C)C1CSCCN1C. The zero-order valence-corrected chi connectivity index (χ0v) is 12.5. The van der Waals surface area contributed by atoms with Crippen LogP contribution in [-0.4, -0.2) is 42.6 Å². The van der Waals surface area contributed by atoms with E-state index in [2.05, 4.69) is 54.3 Å². The van der Waals surface area contributed by atoms with Gasteiger partial charge >= 0.3 is 0 Å². The highest BCUT2D eigenvalue weighted by atomic mass is 32.2. The predicted octanol–water partition coefficient (Wildman–Crippen LogP) is 2.75. The topological polar surface area (TPSA) is 15.3 Å². The van der Waals surface area contributed by atoms with E-state index in [1.165, 1.54) is 28.5 Å². The van der Waals surface area contributed by atoms with Gasteiger partial charge in [-0.15, -0.1) is 11.3 Å². The second-order valence-electron chi connectivity index (χ2n) is 4.59. The molecule has 4 heteroatoms. The molecule has 1 aromatic heterocycles. The van der Waals surface area contributed by atoms with Crippen molar-refractivity contribution in [2.75, 3.05) is 31.6 Å². The quantitative estimate of drug-likeness (QED) is 0.906. The second-order valence-corrected chi connectivity index (χ2v) is 6.86. The van der Waals surface area contributed by atoms with E-state index in [0.29, 0.717) is 12.1 Å². The molecule has 1 saturated heterocycles. The standard InChI is InChI=1S/C13H22N2S2/c1-4-14-13(11-5-7-17-10(11)2)12-9-16-8-6-15(12)3/h5,7,12-14H,4,6,8-9H2,1-3H3. The zero-order valence-electron chi connectivity index (χ0n) is 10.9. The van der Waals surface area contributed by atoms with E-state index in [-0.39, 0.29) is 0 Å². The number of thioether (sulfide) groups is 1. The maximum Gasteiger partial charge on any atom is 0.0497 e. The summed E-state index contributed by atoms with van der Waals surface area (Å²) in [5.74, 6) is 2.51. The van der Waals surface area contributed by atoms with Crippen molar-refractivity contribution in [3.63, 3.8) is 0 Å². The van der Waals surface area contributed by atoms with E-state index in [1.54, 1.807) is 0 Å². The molecule has 2 nitrogen and oxygen atoms in total. The summed E-state index contributed by atoms with van der Waals surface area (Å²) >= 11 is 3.94. The highest BCUT2D eigenvalue weighted by molar-refractivity contribution is 7.99. The van der Waals surface area contributed by atoms with Crippen LogP contribution in [0.25, 0.3) is 0 Å². The van der Waals surface area contributed by atoms with Crippen LogP contribution in [0.5, 0.6) is 0 Å². The number of hydrogen-bond acceptors (Lipinski definition) is 4. The average molecular weight is 270 g/mol. The Hall–Kier alpha value is -0.0300. The van der Waals surface area contributed by atoms with Gasteiger partial charge in [0.2, 0.25) is 0 Å². The molecule has 2 heterocycles. The molecule has 2 rings (SSSR count). The van der Waals surface area contributed by atoms with Gasteiger partial charge < -0.3 is 5.32 Å². The van der Waals surface area contributed by atoms with Crippen LogP contribution in [0.4, 0.5) is 0 Å². The van der Waals surface area contributed by atoms with Crippen molar-refractivity contribution in [3.8, 4) is 0 Å². The van der Waals surface area contributed by atoms with Crippen LogP contribution in [-0.2, 0) is 0 Å². The molecular formula is C13H22N2S2. The van der Waals surface area contributed by atoms with Crippen LogP contribution >= 0.6 is 23.1 Å². The van der Waals surface area contributed by atoms with Gasteiger partial charge in [0, 0.05) is 35.0 Å². The Bertz CT molecular complexity index is 351. The number of hydrogen-bond donors (Lipinski definition) is 1. The highest BCUT2D eigenvalue weighted by Crippen LogP contribution is 2.30. The molecule has 17 heavy (non-hydrogen) atoms. The van der Waals surface area contributed by atoms with Crippen molar-refractivity contribution >= 4 is 23.1 Å². The van der Waals surface area contributed by atoms with E-state index in [9.17, 15) is 0 Å².